The molecule has 0 radical (unpaired) electrons. The SMILES string of the molecule is CCOc1ccc(S(=O)(=O)N2CCN(C(=O)C3CCCO3)CC2)c2ccccc12. The number of carbonyl (C=O) groups excluding carboxylic acids is 1. The van der Waals surface area contributed by atoms with E-state index in [1.54, 1.807) is 17.0 Å². The largest absolute Gasteiger partial charge is 0.493 e. The average Bonchev–Trinajstić information content (AvgIpc) is 3.28. The van der Waals surface area contributed by atoms with Crippen molar-refractivity contribution in [2.45, 2.75) is 30.8 Å². The van der Waals surface area contributed by atoms with Gasteiger partial charge in [0.25, 0.3) is 5.91 Å². The number of hydrogen-bond acceptors (Lipinski definition) is 5. The minimum absolute atomic E-state index is 0.0222. The number of hydrogen-bond donors (Lipinski definition) is 0. The summed E-state index contributed by atoms with van der Waals surface area (Å²) < 4.78 is 39.3. The summed E-state index contributed by atoms with van der Waals surface area (Å²) in [6.45, 7) is 4.35. The van der Waals surface area contributed by atoms with E-state index in [1.165, 1.54) is 4.31 Å². The summed E-state index contributed by atoms with van der Waals surface area (Å²) in [6.07, 6.45) is 1.28. The van der Waals surface area contributed by atoms with Crippen molar-refractivity contribution in [3.63, 3.8) is 0 Å². The Bertz CT molecular complexity index is 993. The van der Waals surface area contributed by atoms with Crippen LogP contribution in [0.3, 0.4) is 0 Å². The lowest BCUT2D eigenvalue weighted by Gasteiger charge is -2.35. The molecule has 2 aromatic carbocycles. The molecule has 156 valence electrons. The number of amides is 1. The number of ether oxygens (including phenoxy) is 2. The quantitative estimate of drug-likeness (QED) is 0.744. The lowest BCUT2D eigenvalue weighted by molar-refractivity contribution is -0.142. The normalized spacial score (nSPS) is 20.9. The van der Waals surface area contributed by atoms with Gasteiger partial charge < -0.3 is 14.4 Å². The minimum atomic E-state index is -3.68. The fourth-order valence-corrected chi connectivity index (χ4v) is 5.63. The molecule has 0 N–H and O–H groups in total. The minimum Gasteiger partial charge on any atom is -0.493 e. The molecule has 2 aromatic rings. The number of rotatable bonds is 5. The van der Waals surface area contributed by atoms with Gasteiger partial charge in [0.05, 0.1) is 11.5 Å². The van der Waals surface area contributed by atoms with Gasteiger partial charge in [0.2, 0.25) is 10.0 Å². The summed E-state index contributed by atoms with van der Waals surface area (Å²) in [5.74, 6) is 0.653. The first kappa shape index (κ1) is 20.1. The van der Waals surface area contributed by atoms with Crippen LogP contribution in [0.4, 0.5) is 0 Å². The summed E-state index contributed by atoms with van der Waals surface area (Å²) in [7, 11) is -3.68. The van der Waals surface area contributed by atoms with Crippen molar-refractivity contribution in [2.24, 2.45) is 0 Å². The molecule has 0 spiro atoms. The molecule has 2 saturated heterocycles. The van der Waals surface area contributed by atoms with E-state index in [0.717, 1.165) is 18.2 Å². The Balaban J connectivity index is 1.55. The predicted octanol–water partition coefficient (Wildman–Crippen LogP) is 2.25. The average molecular weight is 419 g/mol. The summed E-state index contributed by atoms with van der Waals surface area (Å²) in [4.78, 5) is 14.5. The third-order valence-corrected chi connectivity index (χ3v) is 7.47. The van der Waals surface area contributed by atoms with Crippen LogP contribution >= 0.6 is 0 Å². The summed E-state index contributed by atoms with van der Waals surface area (Å²) in [5, 5.41) is 1.43. The summed E-state index contributed by atoms with van der Waals surface area (Å²) in [5.41, 5.74) is 0. The van der Waals surface area contributed by atoms with Crippen molar-refractivity contribution in [2.75, 3.05) is 39.4 Å². The monoisotopic (exact) mass is 418 g/mol. The molecule has 1 atom stereocenters. The lowest BCUT2D eigenvalue weighted by atomic mass is 10.1. The molecule has 0 aliphatic carbocycles. The van der Waals surface area contributed by atoms with Crippen molar-refractivity contribution in [1.82, 2.24) is 9.21 Å². The maximum Gasteiger partial charge on any atom is 0.251 e. The van der Waals surface area contributed by atoms with E-state index in [0.29, 0.717) is 37.4 Å². The third-order valence-electron chi connectivity index (χ3n) is 5.52. The molecule has 0 aromatic heterocycles. The van der Waals surface area contributed by atoms with E-state index in [1.807, 2.05) is 31.2 Å². The van der Waals surface area contributed by atoms with Crippen molar-refractivity contribution in [3.8, 4) is 5.75 Å². The number of benzene rings is 2. The second-order valence-corrected chi connectivity index (χ2v) is 9.18. The van der Waals surface area contributed by atoms with E-state index in [-0.39, 0.29) is 30.0 Å². The Morgan fingerprint density at radius 2 is 1.83 bits per heavy atom. The molecular weight excluding hydrogens is 392 g/mol. The highest BCUT2D eigenvalue weighted by molar-refractivity contribution is 7.89. The van der Waals surface area contributed by atoms with Gasteiger partial charge in [-0.05, 0) is 31.9 Å². The molecule has 4 rings (SSSR count). The van der Waals surface area contributed by atoms with Crippen LogP contribution in [0.1, 0.15) is 19.8 Å². The van der Waals surface area contributed by atoms with E-state index >= 15 is 0 Å². The van der Waals surface area contributed by atoms with Crippen LogP contribution in [0.5, 0.6) is 5.75 Å². The molecule has 8 heteroatoms. The van der Waals surface area contributed by atoms with Gasteiger partial charge in [-0.2, -0.15) is 4.31 Å². The highest BCUT2D eigenvalue weighted by Gasteiger charge is 2.34. The molecule has 1 unspecified atom stereocenters. The fraction of sp³-hybridized carbons (Fsp3) is 0.476. The summed E-state index contributed by atoms with van der Waals surface area (Å²) >= 11 is 0. The van der Waals surface area contributed by atoms with Gasteiger partial charge in [-0.1, -0.05) is 24.3 Å². The molecule has 29 heavy (non-hydrogen) atoms. The molecule has 0 bridgehead atoms. The highest BCUT2D eigenvalue weighted by Crippen LogP contribution is 2.33. The maximum atomic E-state index is 13.4. The van der Waals surface area contributed by atoms with Gasteiger partial charge in [-0.3, -0.25) is 4.79 Å². The Labute approximate surface area is 171 Å². The van der Waals surface area contributed by atoms with Gasteiger partial charge >= 0.3 is 0 Å². The summed E-state index contributed by atoms with van der Waals surface area (Å²) in [6, 6.07) is 10.7. The number of sulfonamides is 1. The Kier molecular flexibility index (Phi) is 5.76. The van der Waals surface area contributed by atoms with Gasteiger partial charge in [0.15, 0.2) is 0 Å². The first-order valence-electron chi connectivity index (χ1n) is 10.1. The van der Waals surface area contributed by atoms with E-state index < -0.39 is 10.0 Å². The van der Waals surface area contributed by atoms with Gasteiger partial charge in [0.1, 0.15) is 11.9 Å². The number of piperazine rings is 1. The van der Waals surface area contributed by atoms with E-state index in [2.05, 4.69) is 0 Å². The molecule has 2 aliphatic rings. The van der Waals surface area contributed by atoms with Crippen molar-refractivity contribution in [1.29, 1.82) is 0 Å². The zero-order valence-electron chi connectivity index (χ0n) is 16.5. The molecule has 1 amide bonds. The molecule has 7 nitrogen and oxygen atoms in total. The van der Waals surface area contributed by atoms with Crippen LogP contribution in [0.25, 0.3) is 10.8 Å². The smallest absolute Gasteiger partial charge is 0.251 e. The second kappa shape index (κ2) is 8.30. The molecule has 0 saturated carbocycles. The van der Waals surface area contributed by atoms with Crippen LogP contribution in [0.15, 0.2) is 41.3 Å². The first-order valence-corrected chi connectivity index (χ1v) is 11.5. The fourth-order valence-electron chi connectivity index (χ4n) is 4.01. The van der Waals surface area contributed by atoms with Gasteiger partial charge in [-0.25, -0.2) is 8.42 Å². The van der Waals surface area contributed by atoms with Gasteiger partial charge in [-0.15, -0.1) is 0 Å². The predicted molar refractivity (Wildman–Crippen MR) is 109 cm³/mol. The van der Waals surface area contributed by atoms with Crippen LogP contribution < -0.4 is 4.74 Å². The second-order valence-electron chi connectivity index (χ2n) is 7.27. The van der Waals surface area contributed by atoms with Crippen LogP contribution in [-0.2, 0) is 19.6 Å². The Morgan fingerprint density at radius 1 is 1.10 bits per heavy atom. The number of fused-ring (bicyclic) bond motifs is 1. The van der Waals surface area contributed by atoms with Crippen molar-refractivity contribution < 1.29 is 22.7 Å². The Morgan fingerprint density at radius 3 is 2.48 bits per heavy atom. The Hall–Kier alpha value is -2.16. The highest BCUT2D eigenvalue weighted by atomic mass is 32.2. The van der Waals surface area contributed by atoms with E-state index in [9.17, 15) is 13.2 Å². The van der Waals surface area contributed by atoms with Gasteiger partial charge in [0, 0.05) is 43.6 Å². The first-order chi connectivity index (χ1) is 14.0. The lowest BCUT2D eigenvalue weighted by Crippen LogP contribution is -2.52. The standard InChI is InChI=1S/C21H26N2O5S/c1-2-27-18-9-10-20(17-7-4-3-6-16(17)18)29(25,26)23-13-11-22(12-14-23)21(24)19-8-5-15-28-19/h3-4,6-7,9-10,19H,2,5,8,11-15H2,1H3. The maximum absolute atomic E-state index is 13.4. The van der Waals surface area contributed by atoms with Crippen molar-refractivity contribution in [3.05, 3.63) is 36.4 Å². The van der Waals surface area contributed by atoms with Crippen LogP contribution in [0, 0.1) is 0 Å². The van der Waals surface area contributed by atoms with Crippen molar-refractivity contribution >= 4 is 26.7 Å². The third kappa shape index (κ3) is 3.84. The molecular formula is C21H26N2O5S. The van der Waals surface area contributed by atoms with E-state index in [4.69, 9.17) is 9.47 Å². The van der Waals surface area contributed by atoms with Crippen LogP contribution in [0.2, 0.25) is 0 Å². The molecule has 2 aliphatic heterocycles. The zero-order chi connectivity index (χ0) is 20.4. The zero-order valence-corrected chi connectivity index (χ0v) is 17.4. The van der Waals surface area contributed by atoms with Crippen LogP contribution in [-0.4, -0.2) is 69.0 Å². The molecule has 2 heterocycles. The molecule has 2 fully saturated rings. The number of carbonyl (C=O) groups is 1. The number of nitrogens with zero attached hydrogens (tertiary/aromatic N) is 2. The topological polar surface area (TPSA) is 76.2 Å².